The van der Waals surface area contributed by atoms with Crippen LogP contribution in [-0.4, -0.2) is 73.1 Å². The van der Waals surface area contributed by atoms with Crippen LogP contribution < -0.4 is 5.32 Å². The molecule has 6 N–H and O–H groups in total. The molecule has 130 valence electrons. The van der Waals surface area contributed by atoms with Crippen LogP contribution in [0.5, 0.6) is 0 Å². The molecule has 2 unspecified atom stereocenters. The lowest BCUT2D eigenvalue weighted by Gasteiger charge is -2.19. The number of carbonyl (C=O) groups excluding carboxylic acids is 1. The van der Waals surface area contributed by atoms with Gasteiger partial charge in [-0.3, -0.25) is 25.6 Å². The van der Waals surface area contributed by atoms with Crippen LogP contribution in [0.4, 0.5) is 0 Å². The molecule has 0 aliphatic carbocycles. The molecule has 2 atom stereocenters. The number of nitrogens with one attached hydrogen (secondary N) is 1. The summed E-state index contributed by atoms with van der Waals surface area (Å²) in [4.78, 5) is 30.9. The topological polar surface area (TPSA) is 172 Å². The highest BCUT2D eigenvalue weighted by molar-refractivity contribution is 7.80. The average molecular weight is 345 g/mol. The Labute approximate surface area is 130 Å². The van der Waals surface area contributed by atoms with Crippen LogP contribution in [0.15, 0.2) is 0 Å². The first kappa shape index (κ1) is 21.0. The molecule has 0 aromatic carbocycles. The highest BCUT2D eigenvalue weighted by Crippen LogP contribution is 2.07. The van der Waals surface area contributed by atoms with E-state index in [4.69, 9.17) is 25.9 Å². The molecule has 22 heavy (non-hydrogen) atoms. The maximum absolute atomic E-state index is 11.5. The van der Waals surface area contributed by atoms with Gasteiger partial charge in [0.2, 0.25) is 5.91 Å². The molecule has 0 fully saturated rings. The summed E-state index contributed by atoms with van der Waals surface area (Å²) < 4.78 is 0. The van der Waals surface area contributed by atoms with Gasteiger partial charge in [-0.25, -0.2) is 14.5 Å². The summed E-state index contributed by atoms with van der Waals surface area (Å²) >= 11 is 3.79. The van der Waals surface area contributed by atoms with E-state index in [2.05, 4.69) is 27.6 Å². The molecule has 0 radical (unpaired) electrons. The molecular weight excluding hydrogens is 326 g/mol. The fourth-order valence-electron chi connectivity index (χ4n) is 1.39. The normalized spacial score (nSPS) is 14.1. The first-order valence-corrected chi connectivity index (χ1v) is 6.68. The Kier molecular flexibility index (Phi) is 11.0. The molecule has 0 aromatic heterocycles. The second-order valence-electron chi connectivity index (χ2n) is 4.06. The number of rotatable bonds is 12. The van der Waals surface area contributed by atoms with E-state index in [1.807, 2.05) is 0 Å². The lowest BCUT2D eigenvalue weighted by atomic mass is 10.1. The zero-order chi connectivity index (χ0) is 17.1. The molecular formula is C9H19N3O9S. The maximum Gasteiger partial charge on any atom is 0.327 e. The number of carbonyl (C=O) groups is 2. The minimum absolute atomic E-state index is 0.0593. The number of amides is 1. The molecule has 13 heteroatoms. The average Bonchev–Trinajstić information content (AvgIpc) is 2.40. The highest BCUT2D eigenvalue weighted by atomic mass is 32.1. The number of carboxylic acid groups (broad SMARTS) is 1. The van der Waals surface area contributed by atoms with Gasteiger partial charge in [0.15, 0.2) is 0 Å². The highest BCUT2D eigenvalue weighted by Gasteiger charge is 2.19. The third-order valence-corrected chi connectivity index (χ3v) is 2.73. The van der Waals surface area contributed by atoms with Gasteiger partial charge < -0.3 is 10.4 Å². The number of hydrogen-bond acceptors (Lipinski definition) is 11. The largest absolute Gasteiger partial charge is 0.480 e. The van der Waals surface area contributed by atoms with Crippen molar-refractivity contribution in [1.29, 1.82) is 0 Å². The molecule has 0 heterocycles. The first-order valence-electron chi connectivity index (χ1n) is 6.04. The molecule has 0 aliphatic rings. The van der Waals surface area contributed by atoms with E-state index in [0.29, 0.717) is 0 Å². The summed E-state index contributed by atoms with van der Waals surface area (Å²) in [6.45, 7) is -0.444. The maximum atomic E-state index is 11.5. The second-order valence-corrected chi connectivity index (χ2v) is 4.43. The van der Waals surface area contributed by atoms with Crippen LogP contribution in [0.2, 0.25) is 0 Å². The standard InChI is InChI=1S/C9H19N3O9S/c13-8(10-7(5-22)9(14)15)3-1-2-6(21-12(18)19)4-20-11(16)17/h6-7,16-19,22H,1-5H2,(H,10,13)(H,14,15). The smallest absolute Gasteiger partial charge is 0.327 e. The van der Waals surface area contributed by atoms with E-state index in [1.165, 1.54) is 0 Å². The molecule has 1 amide bonds. The fourth-order valence-corrected chi connectivity index (χ4v) is 1.64. The molecule has 12 nitrogen and oxygen atoms in total. The van der Waals surface area contributed by atoms with Gasteiger partial charge in [0.1, 0.15) is 18.8 Å². The lowest BCUT2D eigenvalue weighted by Crippen LogP contribution is -2.42. The summed E-state index contributed by atoms with van der Waals surface area (Å²) in [5.41, 5.74) is 0. The Balaban J connectivity index is 4.13. The minimum atomic E-state index is -1.21. The Morgan fingerprint density at radius 2 is 1.82 bits per heavy atom. The van der Waals surface area contributed by atoms with Crippen molar-refractivity contribution in [3.8, 4) is 0 Å². The van der Waals surface area contributed by atoms with Crippen LogP contribution in [-0.2, 0) is 19.3 Å². The van der Waals surface area contributed by atoms with E-state index in [0.717, 1.165) is 0 Å². The summed E-state index contributed by atoms with van der Waals surface area (Å²) in [6.07, 6.45) is -0.790. The zero-order valence-electron chi connectivity index (χ0n) is 11.4. The van der Waals surface area contributed by atoms with Crippen LogP contribution in [0.1, 0.15) is 19.3 Å². The van der Waals surface area contributed by atoms with Gasteiger partial charge in [0.25, 0.3) is 0 Å². The number of nitrogens with zero attached hydrogens (tertiary/aromatic N) is 2. The number of aliphatic carboxylic acids is 1. The van der Waals surface area contributed by atoms with Crippen molar-refractivity contribution in [2.75, 3.05) is 12.4 Å². The van der Waals surface area contributed by atoms with Crippen LogP contribution in [0, 0.1) is 0 Å². The van der Waals surface area contributed by atoms with E-state index < -0.39 is 41.4 Å². The van der Waals surface area contributed by atoms with Crippen molar-refractivity contribution in [1.82, 2.24) is 16.1 Å². The van der Waals surface area contributed by atoms with Crippen LogP contribution in [0.25, 0.3) is 0 Å². The van der Waals surface area contributed by atoms with E-state index in [-0.39, 0.29) is 25.0 Å². The van der Waals surface area contributed by atoms with E-state index in [1.54, 1.807) is 0 Å². The predicted molar refractivity (Wildman–Crippen MR) is 68.9 cm³/mol. The minimum Gasteiger partial charge on any atom is -0.480 e. The third kappa shape index (κ3) is 10.7. The summed E-state index contributed by atoms with van der Waals surface area (Å²) in [6, 6.07) is -1.10. The van der Waals surface area contributed by atoms with Crippen molar-refractivity contribution < 1.29 is 45.2 Å². The van der Waals surface area contributed by atoms with Gasteiger partial charge in [-0.15, -0.1) is 0 Å². The molecule has 0 saturated carbocycles. The van der Waals surface area contributed by atoms with Crippen molar-refractivity contribution in [3.05, 3.63) is 0 Å². The summed E-state index contributed by atoms with van der Waals surface area (Å²) in [5.74, 6) is -1.80. The second kappa shape index (κ2) is 11.5. The number of hydrogen-bond donors (Lipinski definition) is 7. The quantitative estimate of drug-likeness (QED) is 0.172. The summed E-state index contributed by atoms with van der Waals surface area (Å²) in [5, 5.41) is 43.6. The van der Waals surface area contributed by atoms with Crippen molar-refractivity contribution in [2.24, 2.45) is 0 Å². The number of carboxylic acids is 1. The van der Waals surface area contributed by atoms with Gasteiger partial charge in [-0.2, -0.15) is 12.6 Å². The monoisotopic (exact) mass is 345 g/mol. The zero-order valence-corrected chi connectivity index (χ0v) is 12.3. The van der Waals surface area contributed by atoms with E-state index in [9.17, 15) is 9.59 Å². The molecule has 0 rings (SSSR count). The molecule has 0 aromatic rings. The Morgan fingerprint density at radius 1 is 1.18 bits per heavy atom. The van der Waals surface area contributed by atoms with Crippen molar-refractivity contribution in [3.63, 3.8) is 0 Å². The Morgan fingerprint density at radius 3 is 2.27 bits per heavy atom. The van der Waals surface area contributed by atoms with Gasteiger partial charge in [0.05, 0.1) is 10.8 Å². The lowest BCUT2D eigenvalue weighted by molar-refractivity contribution is -0.527. The van der Waals surface area contributed by atoms with Gasteiger partial charge >= 0.3 is 5.97 Å². The molecule has 0 aliphatic heterocycles. The van der Waals surface area contributed by atoms with Crippen molar-refractivity contribution >= 4 is 24.5 Å². The molecule has 0 spiro atoms. The van der Waals surface area contributed by atoms with Crippen LogP contribution >= 0.6 is 12.6 Å². The Hall–Kier alpha value is -1.03. The predicted octanol–water partition coefficient (Wildman–Crippen LogP) is -0.951. The number of thiol groups is 1. The third-order valence-electron chi connectivity index (χ3n) is 2.37. The Bertz CT molecular complexity index is 344. The summed E-state index contributed by atoms with van der Waals surface area (Å²) in [7, 11) is 0. The van der Waals surface area contributed by atoms with Crippen molar-refractivity contribution in [2.45, 2.75) is 31.4 Å². The van der Waals surface area contributed by atoms with Gasteiger partial charge in [0, 0.05) is 12.2 Å². The first-order chi connectivity index (χ1) is 10.3. The SMILES string of the molecule is O=C(CCCC(CON(O)O)ON(O)O)NC(CS)C(=O)O. The van der Waals surface area contributed by atoms with E-state index >= 15 is 0 Å². The van der Waals surface area contributed by atoms with Gasteiger partial charge in [-0.05, 0) is 12.8 Å². The van der Waals surface area contributed by atoms with Crippen LogP contribution in [0.3, 0.4) is 0 Å². The molecule has 0 saturated heterocycles. The van der Waals surface area contributed by atoms with Gasteiger partial charge in [-0.1, -0.05) is 0 Å². The molecule has 0 bridgehead atoms. The fraction of sp³-hybridized carbons (Fsp3) is 0.778.